The maximum atomic E-state index is 14.6. The molecule has 0 fully saturated rings. The second-order valence-electron chi connectivity index (χ2n) is 8.91. The van der Waals surface area contributed by atoms with Gasteiger partial charge in [-0.15, -0.1) is 0 Å². The summed E-state index contributed by atoms with van der Waals surface area (Å²) in [7, 11) is 1.57. The van der Waals surface area contributed by atoms with Crippen molar-refractivity contribution in [1.29, 1.82) is 0 Å². The zero-order valence-electron chi connectivity index (χ0n) is 20.3. The van der Waals surface area contributed by atoms with Gasteiger partial charge in [0.05, 0.1) is 34.4 Å². The van der Waals surface area contributed by atoms with Crippen molar-refractivity contribution in [3.8, 4) is 22.8 Å². The molecule has 1 atom stereocenters. The number of pyridine rings is 1. The fraction of sp³-hybridized carbons (Fsp3) is 0.360. The lowest BCUT2D eigenvalue weighted by molar-refractivity contribution is -0.0146. The normalized spacial score (nSPS) is 14.1. The SMILES string of the molecule is COC(C)(C)COc1cnccc1-c1[nH]c2c(c1Nc1cc(F)cc(F)c1OC(C)F)C(=O)NCC2. The summed E-state index contributed by atoms with van der Waals surface area (Å²) in [6, 6.07) is 3.24. The third-order valence-electron chi connectivity index (χ3n) is 5.70. The van der Waals surface area contributed by atoms with E-state index in [1.54, 1.807) is 19.4 Å². The highest BCUT2D eigenvalue weighted by molar-refractivity contribution is 6.06. The van der Waals surface area contributed by atoms with Crippen LogP contribution in [0.1, 0.15) is 36.8 Å². The van der Waals surface area contributed by atoms with Crippen molar-refractivity contribution in [2.24, 2.45) is 0 Å². The molecule has 0 saturated carbocycles. The Bertz CT molecular complexity index is 1280. The van der Waals surface area contributed by atoms with Gasteiger partial charge in [-0.1, -0.05) is 0 Å². The molecule has 3 aromatic rings. The number of nitrogens with zero attached hydrogens (tertiary/aromatic N) is 1. The average Bonchev–Trinajstić information content (AvgIpc) is 3.19. The number of amides is 1. The molecule has 192 valence electrons. The zero-order chi connectivity index (χ0) is 26.0. The molecule has 1 amide bonds. The van der Waals surface area contributed by atoms with Crippen molar-refractivity contribution in [2.75, 3.05) is 25.6 Å². The highest BCUT2D eigenvalue weighted by Crippen LogP contribution is 2.42. The minimum absolute atomic E-state index is 0.185. The van der Waals surface area contributed by atoms with Gasteiger partial charge in [-0.05, 0) is 19.9 Å². The number of rotatable bonds is 9. The van der Waals surface area contributed by atoms with E-state index in [9.17, 15) is 18.0 Å². The van der Waals surface area contributed by atoms with Crippen LogP contribution in [0.3, 0.4) is 0 Å². The van der Waals surface area contributed by atoms with Gasteiger partial charge >= 0.3 is 0 Å². The smallest absolute Gasteiger partial charge is 0.255 e. The summed E-state index contributed by atoms with van der Waals surface area (Å²) < 4.78 is 58.8. The van der Waals surface area contributed by atoms with Crippen LogP contribution in [0.4, 0.5) is 24.5 Å². The second kappa shape index (κ2) is 10.1. The Labute approximate surface area is 206 Å². The molecule has 1 aromatic carbocycles. The number of ether oxygens (including phenoxy) is 3. The molecular formula is C25H27F3N4O4. The van der Waals surface area contributed by atoms with Crippen LogP contribution < -0.4 is 20.1 Å². The van der Waals surface area contributed by atoms with Crippen molar-refractivity contribution in [3.63, 3.8) is 0 Å². The maximum absolute atomic E-state index is 14.6. The first-order chi connectivity index (χ1) is 17.1. The minimum Gasteiger partial charge on any atom is -0.488 e. The monoisotopic (exact) mass is 504 g/mol. The summed E-state index contributed by atoms with van der Waals surface area (Å²) in [4.78, 5) is 20.2. The molecule has 36 heavy (non-hydrogen) atoms. The first-order valence-corrected chi connectivity index (χ1v) is 11.3. The molecule has 0 bridgehead atoms. The number of benzene rings is 1. The van der Waals surface area contributed by atoms with Gasteiger partial charge in [0, 0.05) is 56.6 Å². The van der Waals surface area contributed by atoms with Crippen molar-refractivity contribution in [2.45, 2.75) is 39.2 Å². The number of carbonyl (C=O) groups is 1. The molecule has 3 N–H and O–H groups in total. The van der Waals surface area contributed by atoms with Gasteiger partial charge in [0.2, 0.25) is 6.36 Å². The lowest BCUT2D eigenvalue weighted by Gasteiger charge is -2.23. The molecule has 11 heteroatoms. The summed E-state index contributed by atoms with van der Waals surface area (Å²) in [5.74, 6) is -2.50. The number of hydrogen-bond acceptors (Lipinski definition) is 6. The van der Waals surface area contributed by atoms with Crippen LogP contribution in [-0.4, -0.2) is 48.1 Å². The van der Waals surface area contributed by atoms with Gasteiger partial charge in [0.15, 0.2) is 11.6 Å². The first-order valence-electron chi connectivity index (χ1n) is 11.3. The fourth-order valence-electron chi connectivity index (χ4n) is 3.79. The summed E-state index contributed by atoms with van der Waals surface area (Å²) in [6.45, 7) is 5.41. The summed E-state index contributed by atoms with van der Waals surface area (Å²) in [5.41, 5.74) is 1.31. The van der Waals surface area contributed by atoms with Crippen LogP contribution in [-0.2, 0) is 11.2 Å². The predicted molar refractivity (Wildman–Crippen MR) is 127 cm³/mol. The number of hydrogen-bond donors (Lipinski definition) is 3. The van der Waals surface area contributed by atoms with E-state index >= 15 is 0 Å². The number of anilines is 2. The van der Waals surface area contributed by atoms with Crippen molar-refractivity contribution >= 4 is 17.3 Å². The molecule has 0 radical (unpaired) electrons. The van der Waals surface area contributed by atoms with E-state index in [2.05, 4.69) is 20.6 Å². The minimum atomic E-state index is -1.86. The molecular weight excluding hydrogens is 477 g/mol. The van der Waals surface area contributed by atoms with Crippen LogP contribution in [0.15, 0.2) is 30.6 Å². The summed E-state index contributed by atoms with van der Waals surface area (Å²) in [5, 5.41) is 5.68. The highest BCUT2D eigenvalue weighted by Gasteiger charge is 2.30. The quantitative estimate of drug-likeness (QED) is 0.384. The van der Waals surface area contributed by atoms with Gasteiger partial charge < -0.3 is 29.8 Å². The maximum Gasteiger partial charge on any atom is 0.255 e. The van der Waals surface area contributed by atoms with E-state index in [4.69, 9.17) is 14.2 Å². The van der Waals surface area contributed by atoms with Crippen molar-refractivity contribution < 1.29 is 32.2 Å². The molecule has 1 aliphatic heterocycles. The number of fused-ring (bicyclic) bond motifs is 1. The Hall–Kier alpha value is -3.73. The number of alkyl halides is 1. The van der Waals surface area contributed by atoms with Gasteiger partial charge in [-0.3, -0.25) is 9.78 Å². The largest absolute Gasteiger partial charge is 0.488 e. The van der Waals surface area contributed by atoms with Crippen LogP contribution in [0.25, 0.3) is 11.3 Å². The number of halogens is 3. The molecule has 2 aromatic heterocycles. The fourth-order valence-corrected chi connectivity index (χ4v) is 3.79. The Kier molecular flexibility index (Phi) is 7.11. The zero-order valence-corrected chi connectivity index (χ0v) is 20.3. The van der Waals surface area contributed by atoms with Crippen LogP contribution >= 0.6 is 0 Å². The van der Waals surface area contributed by atoms with Crippen LogP contribution in [0.2, 0.25) is 0 Å². The van der Waals surface area contributed by atoms with Crippen molar-refractivity contribution in [3.05, 3.63) is 53.5 Å². The van der Waals surface area contributed by atoms with E-state index in [0.29, 0.717) is 41.7 Å². The Morgan fingerprint density at radius 3 is 2.78 bits per heavy atom. The number of aromatic nitrogens is 2. The lowest BCUT2D eigenvalue weighted by atomic mass is 10.0. The topological polar surface area (TPSA) is 97.5 Å². The molecule has 1 aliphatic rings. The number of methoxy groups -OCH3 is 1. The summed E-state index contributed by atoms with van der Waals surface area (Å²) >= 11 is 0. The third-order valence-corrected chi connectivity index (χ3v) is 5.70. The molecule has 0 aliphatic carbocycles. The summed E-state index contributed by atoms with van der Waals surface area (Å²) in [6.07, 6.45) is 1.70. The first kappa shape index (κ1) is 25.4. The molecule has 0 spiro atoms. The molecule has 0 saturated heterocycles. The Morgan fingerprint density at radius 1 is 1.28 bits per heavy atom. The van der Waals surface area contributed by atoms with E-state index in [1.807, 2.05) is 13.8 Å². The van der Waals surface area contributed by atoms with E-state index < -0.39 is 29.3 Å². The predicted octanol–water partition coefficient (Wildman–Crippen LogP) is 4.88. The molecule has 4 rings (SSSR count). The van der Waals surface area contributed by atoms with E-state index in [-0.39, 0.29) is 29.5 Å². The van der Waals surface area contributed by atoms with Gasteiger partial charge in [-0.2, -0.15) is 0 Å². The number of carbonyl (C=O) groups excluding carboxylic acids is 1. The third kappa shape index (κ3) is 5.25. The Morgan fingerprint density at radius 2 is 2.06 bits per heavy atom. The molecule has 8 nitrogen and oxygen atoms in total. The molecule has 3 heterocycles. The van der Waals surface area contributed by atoms with Gasteiger partial charge in [0.25, 0.3) is 5.91 Å². The number of aromatic amines is 1. The molecule has 1 unspecified atom stereocenters. The van der Waals surface area contributed by atoms with Crippen LogP contribution in [0.5, 0.6) is 11.5 Å². The standard InChI is InChI=1S/C25H27F3N4O4/c1-13(26)36-23-16(28)9-14(27)10-18(23)32-22-20-17(6-8-30-24(20)33)31-21(22)15-5-7-29-11-19(15)35-12-25(2,3)34-4/h5,7,9-11,13,31-32H,6,8,12H2,1-4H3,(H,30,33). The number of nitrogens with one attached hydrogen (secondary N) is 3. The van der Waals surface area contributed by atoms with Crippen LogP contribution in [0, 0.1) is 11.6 Å². The second-order valence-corrected chi connectivity index (χ2v) is 8.91. The lowest BCUT2D eigenvalue weighted by Crippen LogP contribution is -2.31. The van der Waals surface area contributed by atoms with Gasteiger partial charge in [-0.25, -0.2) is 13.2 Å². The van der Waals surface area contributed by atoms with E-state index in [1.165, 1.54) is 6.20 Å². The van der Waals surface area contributed by atoms with Crippen molar-refractivity contribution in [1.82, 2.24) is 15.3 Å². The van der Waals surface area contributed by atoms with E-state index in [0.717, 1.165) is 13.0 Å². The highest BCUT2D eigenvalue weighted by atomic mass is 19.1. The van der Waals surface area contributed by atoms with Gasteiger partial charge in [0.1, 0.15) is 18.2 Å². The number of H-pyrrole nitrogens is 1. The Balaban J connectivity index is 1.85. The average molecular weight is 505 g/mol.